The lowest BCUT2D eigenvalue weighted by Crippen LogP contribution is -2.25. The fourth-order valence-electron chi connectivity index (χ4n) is 2.48. The highest BCUT2D eigenvalue weighted by Crippen LogP contribution is 2.13. The molecule has 1 unspecified atom stereocenters. The number of hydrogen-bond acceptors (Lipinski definition) is 1. The van der Waals surface area contributed by atoms with Crippen molar-refractivity contribution >= 4 is 5.91 Å². The third kappa shape index (κ3) is 7.31. The standard InChI is InChI=1S/C19H31NO/c1-4-16(2)12-8-6-5-7-11-15-20-19(21)18-14-10-9-13-17(18)3/h9-10,13-14,16H,4-8,11-12,15H2,1-3H3,(H,20,21). The second-order valence-electron chi connectivity index (χ2n) is 6.14. The van der Waals surface area contributed by atoms with Crippen molar-refractivity contribution in [2.24, 2.45) is 5.92 Å². The molecule has 1 atom stereocenters. The number of rotatable bonds is 10. The molecule has 0 bridgehead atoms. The van der Waals surface area contributed by atoms with Gasteiger partial charge in [0.05, 0.1) is 0 Å². The van der Waals surface area contributed by atoms with Gasteiger partial charge < -0.3 is 5.32 Å². The van der Waals surface area contributed by atoms with Crippen LogP contribution < -0.4 is 5.32 Å². The Kier molecular flexibility index (Phi) is 8.80. The lowest BCUT2D eigenvalue weighted by molar-refractivity contribution is 0.0952. The van der Waals surface area contributed by atoms with E-state index < -0.39 is 0 Å². The molecule has 1 aromatic carbocycles. The van der Waals surface area contributed by atoms with Crippen LogP contribution in [0.3, 0.4) is 0 Å². The normalized spacial score (nSPS) is 12.1. The van der Waals surface area contributed by atoms with Crippen LogP contribution in [0.4, 0.5) is 0 Å². The Morgan fingerprint density at radius 2 is 1.76 bits per heavy atom. The highest BCUT2D eigenvalue weighted by atomic mass is 16.1. The van der Waals surface area contributed by atoms with Crippen LogP contribution in [0.5, 0.6) is 0 Å². The zero-order chi connectivity index (χ0) is 15.5. The molecule has 2 nitrogen and oxygen atoms in total. The summed E-state index contributed by atoms with van der Waals surface area (Å²) in [5.74, 6) is 0.934. The van der Waals surface area contributed by atoms with E-state index >= 15 is 0 Å². The Hall–Kier alpha value is -1.31. The van der Waals surface area contributed by atoms with Gasteiger partial charge in [-0.05, 0) is 30.9 Å². The monoisotopic (exact) mass is 289 g/mol. The Balaban J connectivity index is 2.04. The fourth-order valence-corrected chi connectivity index (χ4v) is 2.48. The van der Waals surface area contributed by atoms with Crippen LogP contribution in [-0.2, 0) is 0 Å². The summed E-state index contributed by atoms with van der Waals surface area (Å²) < 4.78 is 0. The first-order valence-electron chi connectivity index (χ1n) is 8.49. The first-order chi connectivity index (χ1) is 10.1. The minimum Gasteiger partial charge on any atom is -0.352 e. The molecule has 0 saturated carbocycles. The van der Waals surface area contributed by atoms with Crippen molar-refractivity contribution in [1.29, 1.82) is 0 Å². The first-order valence-corrected chi connectivity index (χ1v) is 8.49. The zero-order valence-electron chi connectivity index (χ0n) is 14.0. The molecule has 1 rings (SSSR count). The van der Waals surface area contributed by atoms with Gasteiger partial charge in [-0.3, -0.25) is 4.79 Å². The van der Waals surface area contributed by atoms with Crippen LogP contribution in [-0.4, -0.2) is 12.5 Å². The van der Waals surface area contributed by atoms with Gasteiger partial charge in [0.2, 0.25) is 0 Å². The summed E-state index contributed by atoms with van der Waals surface area (Å²) in [4.78, 5) is 12.0. The smallest absolute Gasteiger partial charge is 0.251 e. The van der Waals surface area contributed by atoms with Crippen LogP contribution >= 0.6 is 0 Å². The van der Waals surface area contributed by atoms with Gasteiger partial charge in [0, 0.05) is 12.1 Å². The number of hydrogen-bond donors (Lipinski definition) is 1. The molecule has 1 amide bonds. The highest BCUT2D eigenvalue weighted by molar-refractivity contribution is 5.95. The fraction of sp³-hybridized carbons (Fsp3) is 0.632. The van der Waals surface area contributed by atoms with E-state index in [4.69, 9.17) is 0 Å². The van der Waals surface area contributed by atoms with Crippen LogP contribution in [0.25, 0.3) is 0 Å². The molecule has 0 aliphatic rings. The predicted octanol–water partition coefficient (Wildman–Crippen LogP) is 5.11. The molecule has 1 N–H and O–H groups in total. The molecule has 0 aliphatic carbocycles. The molecular weight excluding hydrogens is 258 g/mol. The Morgan fingerprint density at radius 3 is 2.48 bits per heavy atom. The number of nitrogens with one attached hydrogen (secondary N) is 1. The van der Waals surface area contributed by atoms with Crippen molar-refractivity contribution in [3.05, 3.63) is 35.4 Å². The summed E-state index contributed by atoms with van der Waals surface area (Å²) in [7, 11) is 0. The number of amides is 1. The maximum Gasteiger partial charge on any atom is 0.251 e. The van der Waals surface area contributed by atoms with E-state index in [0.717, 1.165) is 30.0 Å². The molecule has 0 spiro atoms. The van der Waals surface area contributed by atoms with Crippen LogP contribution in [0.2, 0.25) is 0 Å². The summed E-state index contributed by atoms with van der Waals surface area (Å²) in [6, 6.07) is 7.75. The quantitative estimate of drug-likeness (QED) is 0.596. The lowest BCUT2D eigenvalue weighted by Gasteiger charge is -2.08. The van der Waals surface area contributed by atoms with Crippen molar-refractivity contribution in [3.63, 3.8) is 0 Å². The van der Waals surface area contributed by atoms with Gasteiger partial charge in [0.1, 0.15) is 0 Å². The molecule has 0 fully saturated rings. The molecule has 0 radical (unpaired) electrons. The summed E-state index contributed by atoms with van der Waals surface area (Å²) >= 11 is 0. The van der Waals surface area contributed by atoms with Crippen LogP contribution in [0, 0.1) is 12.8 Å². The zero-order valence-corrected chi connectivity index (χ0v) is 14.0. The van der Waals surface area contributed by atoms with Crippen molar-refractivity contribution in [2.45, 2.75) is 65.7 Å². The van der Waals surface area contributed by atoms with Crippen LogP contribution in [0.1, 0.15) is 74.7 Å². The summed E-state index contributed by atoms with van der Waals surface area (Å²) in [6.45, 7) is 7.37. The third-order valence-corrected chi connectivity index (χ3v) is 4.25. The number of carbonyl (C=O) groups is 1. The van der Waals surface area contributed by atoms with E-state index in [1.807, 2.05) is 31.2 Å². The van der Waals surface area contributed by atoms with Gasteiger partial charge in [0.25, 0.3) is 5.91 Å². The number of benzene rings is 1. The Bertz CT molecular complexity index is 414. The average Bonchev–Trinajstić information content (AvgIpc) is 2.49. The summed E-state index contributed by atoms with van der Waals surface area (Å²) in [6.07, 6.45) is 8.93. The predicted molar refractivity (Wildman–Crippen MR) is 90.7 cm³/mol. The molecule has 2 heteroatoms. The molecule has 21 heavy (non-hydrogen) atoms. The maximum absolute atomic E-state index is 12.0. The van der Waals surface area contributed by atoms with Gasteiger partial charge in [-0.15, -0.1) is 0 Å². The molecule has 0 aliphatic heterocycles. The molecule has 0 saturated heterocycles. The SMILES string of the molecule is CCC(C)CCCCCCCNC(=O)c1ccccc1C. The molecule has 118 valence electrons. The Morgan fingerprint density at radius 1 is 1.10 bits per heavy atom. The molecule has 0 heterocycles. The van der Waals surface area contributed by atoms with E-state index in [1.165, 1.54) is 38.5 Å². The summed E-state index contributed by atoms with van der Waals surface area (Å²) in [5.41, 5.74) is 1.84. The van der Waals surface area contributed by atoms with E-state index in [9.17, 15) is 4.79 Å². The van der Waals surface area contributed by atoms with Gasteiger partial charge in [0.15, 0.2) is 0 Å². The van der Waals surface area contributed by atoms with Crippen molar-refractivity contribution < 1.29 is 4.79 Å². The van der Waals surface area contributed by atoms with Crippen LogP contribution in [0.15, 0.2) is 24.3 Å². The Labute approximate surface area is 130 Å². The van der Waals surface area contributed by atoms with Gasteiger partial charge in [-0.2, -0.15) is 0 Å². The summed E-state index contributed by atoms with van der Waals surface area (Å²) in [5, 5.41) is 3.02. The number of aryl methyl sites for hydroxylation is 1. The van der Waals surface area contributed by atoms with Crippen molar-refractivity contribution in [2.75, 3.05) is 6.54 Å². The largest absolute Gasteiger partial charge is 0.352 e. The van der Waals surface area contributed by atoms with E-state index in [2.05, 4.69) is 19.2 Å². The van der Waals surface area contributed by atoms with Gasteiger partial charge in [-0.1, -0.05) is 70.6 Å². The van der Waals surface area contributed by atoms with Crippen molar-refractivity contribution in [3.8, 4) is 0 Å². The minimum absolute atomic E-state index is 0.0601. The van der Waals surface area contributed by atoms with E-state index in [-0.39, 0.29) is 5.91 Å². The first kappa shape index (κ1) is 17.7. The number of unbranched alkanes of at least 4 members (excludes halogenated alkanes) is 4. The van der Waals surface area contributed by atoms with Crippen molar-refractivity contribution in [1.82, 2.24) is 5.32 Å². The minimum atomic E-state index is 0.0601. The molecular formula is C19H31NO. The van der Waals surface area contributed by atoms with E-state index in [1.54, 1.807) is 0 Å². The topological polar surface area (TPSA) is 29.1 Å². The van der Waals surface area contributed by atoms with Gasteiger partial charge >= 0.3 is 0 Å². The average molecular weight is 289 g/mol. The third-order valence-electron chi connectivity index (χ3n) is 4.25. The van der Waals surface area contributed by atoms with Gasteiger partial charge in [-0.25, -0.2) is 0 Å². The molecule has 0 aromatic heterocycles. The van der Waals surface area contributed by atoms with E-state index in [0.29, 0.717) is 0 Å². The second kappa shape index (κ2) is 10.4. The molecule has 1 aromatic rings. The maximum atomic E-state index is 12.0. The second-order valence-corrected chi connectivity index (χ2v) is 6.14. The lowest BCUT2D eigenvalue weighted by atomic mass is 10.00. The highest BCUT2D eigenvalue weighted by Gasteiger charge is 2.06. The number of carbonyl (C=O) groups excluding carboxylic acids is 1.